The molecule has 0 bridgehead atoms. The van der Waals surface area contributed by atoms with E-state index in [0.29, 0.717) is 35.1 Å². The molecule has 1 aliphatic rings. The van der Waals surface area contributed by atoms with Crippen LogP contribution in [0, 0.1) is 12.7 Å². The molecule has 2 heterocycles. The number of nitrogens with one attached hydrogen (secondary N) is 2. The average molecular weight is 732 g/mol. The molecule has 0 unspecified atom stereocenters. The van der Waals surface area contributed by atoms with E-state index in [1.54, 1.807) is 6.92 Å². The second-order valence-electron chi connectivity index (χ2n) is 10.9. The van der Waals surface area contributed by atoms with E-state index in [0.717, 1.165) is 18.2 Å². The monoisotopic (exact) mass is 731 g/mol. The smallest absolute Gasteiger partial charge is 0.419 e. The molecular weight excluding hydrogens is 707 g/mol. The highest BCUT2D eigenvalue weighted by molar-refractivity contribution is 7.91. The van der Waals surface area contributed by atoms with Gasteiger partial charge in [-0.1, -0.05) is 6.07 Å². The van der Waals surface area contributed by atoms with E-state index < -0.39 is 67.4 Å². The van der Waals surface area contributed by atoms with Crippen LogP contribution in [-0.2, 0) is 22.2 Å². The standard InChI is InChI=1S/C31H24F7N3O6S2/c1-15-11-23(47-2)20(14-19(15)29(44)41-7-9-49(45,46)10-8-41)27(42)40-25-18-5-3-16(30(33,34)35)12-24(18)48-26(25)28(43)39-17-4-6-22(32)21(13-17)31(36,37)38/h3-6,11-14H,7-10H2,1-2H3,(H,39,43)(H,40,42). The van der Waals surface area contributed by atoms with Crippen LogP contribution in [0.3, 0.4) is 0 Å². The lowest BCUT2D eigenvalue weighted by Gasteiger charge is -2.27. The van der Waals surface area contributed by atoms with Crippen molar-refractivity contribution in [2.45, 2.75) is 19.3 Å². The maximum absolute atomic E-state index is 13.8. The minimum atomic E-state index is -5.10. The normalized spacial score (nSPS) is 14.8. The van der Waals surface area contributed by atoms with Gasteiger partial charge in [0.2, 0.25) is 0 Å². The van der Waals surface area contributed by atoms with Crippen molar-refractivity contribution in [1.29, 1.82) is 0 Å². The van der Waals surface area contributed by atoms with Crippen LogP contribution in [0.1, 0.15) is 47.1 Å². The molecule has 4 aromatic rings. The SMILES string of the molecule is COc1cc(C)c(C(=O)N2CCS(=O)(=O)CC2)cc1C(=O)Nc1c(C(=O)Nc2ccc(F)c(C(F)(F)F)c2)sc2cc(C(F)(F)F)ccc12. The number of hydrogen-bond donors (Lipinski definition) is 2. The van der Waals surface area contributed by atoms with E-state index in [2.05, 4.69) is 10.6 Å². The molecule has 1 aromatic heterocycles. The highest BCUT2D eigenvalue weighted by Gasteiger charge is 2.35. The molecule has 3 aromatic carbocycles. The molecule has 9 nitrogen and oxygen atoms in total. The third-order valence-corrected chi connectivity index (χ3v) is 10.4. The minimum Gasteiger partial charge on any atom is -0.496 e. The molecular formula is C31H24F7N3O6S2. The van der Waals surface area contributed by atoms with Gasteiger partial charge in [-0.25, -0.2) is 12.8 Å². The molecule has 0 radical (unpaired) electrons. The quantitative estimate of drug-likeness (QED) is 0.211. The van der Waals surface area contributed by atoms with Crippen LogP contribution in [0.5, 0.6) is 5.75 Å². The Morgan fingerprint density at radius 3 is 2.14 bits per heavy atom. The number of carbonyl (C=O) groups excluding carboxylic acids is 3. The lowest BCUT2D eigenvalue weighted by atomic mass is 10.0. The number of thiophene rings is 1. The van der Waals surface area contributed by atoms with E-state index in [-0.39, 0.29) is 57.2 Å². The maximum Gasteiger partial charge on any atom is 0.419 e. The van der Waals surface area contributed by atoms with Gasteiger partial charge in [-0.05, 0) is 55.0 Å². The Hall–Kier alpha value is -4.71. The molecule has 0 atom stereocenters. The number of halogens is 7. The van der Waals surface area contributed by atoms with E-state index in [1.165, 1.54) is 24.1 Å². The summed E-state index contributed by atoms with van der Waals surface area (Å²) in [6.45, 7) is 1.41. The molecule has 2 N–H and O–H groups in total. The number of alkyl halides is 6. The largest absolute Gasteiger partial charge is 0.496 e. The van der Waals surface area contributed by atoms with Crippen molar-refractivity contribution >= 4 is 60.4 Å². The number of hydrogen-bond acceptors (Lipinski definition) is 7. The highest BCUT2D eigenvalue weighted by atomic mass is 32.2. The second-order valence-corrected chi connectivity index (χ2v) is 14.3. The first-order valence-electron chi connectivity index (χ1n) is 14.1. The minimum absolute atomic E-state index is 0.0244. The third-order valence-electron chi connectivity index (χ3n) is 7.64. The van der Waals surface area contributed by atoms with Gasteiger partial charge in [-0.3, -0.25) is 14.4 Å². The van der Waals surface area contributed by atoms with E-state index >= 15 is 0 Å². The molecule has 260 valence electrons. The van der Waals surface area contributed by atoms with Crippen LogP contribution in [0.15, 0.2) is 48.5 Å². The fraction of sp³-hybridized carbons (Fsp3) is 0.258. The Balaban J connectivity index is 1.55. The van der Waals surface area contributed by atoms with Crippen molar-refractivity contribution < 1.29 is 58.3 Å². The summed E-state index contributed by atoms with van der Waals surface area (Å²) in [4.78, 5) is 41.4. The van der Waals surface area contributed by atoms with Gasteiger partial charge in [-0.2, -0.15) is 26.3 Å². The van der Waals surface area contributed by atoms with Crippen LogP contribution >= 0.6 is 11.3 Å². The van der Waals surface area contributed by atoms with Crippen molar-refractivity contribution in [2.24, 2.45) is 0 Å². The number of benzene rings is 3. The van der Waals surface area contributed by atoms with Gasteiger partial charge >= 0.3 is 12.4 Å². The zero-order chi connectivity index (χ0) is 36.1. The number of rotatable bonds is 6. The number of aryl methyl sites for hydroxylation is 1. The van der Waals surface area contributed by atoms with Crippen LogP contribution < -0.4 is 15.4 Å². The van der Waals surface area contributed by atoms with Gasteiger partial charge in [0, 0.05) is 34.4 Å². The molecule has 1 saturated heterocycles. The lowest BCUT2D eigenvalue weighted by Crippen LogP contribution is -2.44. The predicted octanol–water partition coefficient (Wildman–Crippen LogP) is 6.77. The van der Waals surface area contributed by atoms with Crippen molar-refractivity contribution in [3.8, 4) is 5.75 Å². The Labute approximate surface area is 277 Å². The Morgan fingerprint density at radius 2 is 1.53 bits per heavy atom. The molecule has 0 aliphatic carbocycles. The van der Waals surface area contributed by atoms with E-state index in [9.17, 15) is 53.5 Å². The topological polar surface area (TPSA) is 122 Å². The molecule has 1 fully saturated rings. The Morgan fingerprint density at radius 1 is 0.857 bits per heavy atom. The first-order chi connectivity index (χ1) is 22.8. The highest BCUT2D eigenvalue weighted by Crippen LogP contribution is 2.41. The number of anilines is 2. The fourth-order valence-corrected chi connectivity index (χ4v) is 7.38. The molecule has 18 heteroatoms. The zero-order valence-electron chi connectivity index (χ0n) is 25.3. The Kier molecular flexibility index (Phi) is 9.41. The number of fused-ring (bicyclic) bond motifs is 1. The molecule has 5 rings (SSSR count). The average Bonchev–Trinajstić information content (AvgIpc) is 3.38. The van der Waals surface area contributed by atoms with Crippen LogP contribution in [0.2, 0.25) is 0 Å². The van der Waals surface area contributed by atoms with E-state index in [1.807, 2.05) is 0 Å². The van der Waals surface area contributed by atoms with E-state index in [4.69, 9.17) is 4.74 Å². The molecule has 1 aliphatic heterocycles. The van der Waals surface area contributed by atoms with Crippen LogP contribution in [0.25, 0.3) is 10.1 Å². The number of nitrogens with zero attached hydrogens (tertiary/aromatic N) is 1. The fourth-order valence-electron chi connectivity index (χ4n) is 5.09. The summed E-state index contributed by atoms with van der Waals surface area (Å²) < 4.78 is 123. The second kappa shape index (κ2) is 13.0. The van der Waals surface area contributed by atoms with Gasteiger partial charge in [0.25, 0.3) is 17.7 Å². The van der Waals surface area contributed by atoms with Gasteiger partial charge < -0.3 is 20.3 Å². The number of carbonyl (C=O) groups is 3. The molecule has 3 amide bonds. The molecule has 49 heavy (non-hydrogen) atoms. The summed E-state index contributed by atoms with van der Waals surface area (Å²) in [7, 11) is -2.08. The van der Waals surface area contributed by atoms with Crippen molar-refractivity contribution in [2.75, 3.05) is 42.3 Å². The molecule has 0 spiro atoms. The summed E-state index contributed by atoms with van der Waals surface area (Å²) in [5, 5.41) is 4.62. The van der Waals surface area contributed by atoms with Gasteiger partial charge in [0.15, 0.2) is 9.84 Å². The summed E-state index contributed by atoms with van der Waals surface area (Å²) in [6.07, 6.45) is -9.88. The summed E-state index contributed by atoms with van der Waals surface area (Å²) in [5.41, 5.74) is -3.35. The first-order valence-corrected chi connectivity index (χ1v) is 16.7. The van der Waals surface area contributed by atoms with Crippen LogP contribution in [0.4, 0.5) is 42.1 Å². The summed E-state index contributed by atoms with van der Waals surface area (Å²) in [5.74, 6) is -4.79. The van der Waals surface area contributed by atoms with Gasteiger partial charge in [0.05, 0.1) is 41.0 Å². The first kappa shape index (κ1) is 35.6. The summed E-state index contributed by atoms with van der Waals surface area (Å²) in [6, 6.07) is 6.70. The summed E-state index contributed by atoms with van der Waals surface area (Å²) >= 11 is 0.506. The number of ether oxygens (including phenoxy) is 1. The number of sulfone groups is 1. The van der Waals surface area contributed by atoms with Crippen molar-refractivity contribution in [3.05, 3.63) is 87.0 Å². The van der Waals surface area contributed by atoms with Gasteiger partial charge in [-0.15, -0.1) is 11.3 Å². The Bertz CT molecular complexity index is 2100. The zero-order valence-corrected chi connectivity index (χ0v) is 26.9. The number of amides is 3. The van der Waals surface area contributed by atoms with Crippen molar-refractivity contribution in [3.63, 3.8) is 0 Å². The molecule has 0 saturated carbocycles. The van der Waals surface area contributed by atoms with Crippen LogP contribution in [-0.4, -0.2) is 62.7 Å². The van der Waals surface area contributed by atoms with Crippen molar-refractivity contribution in [1.82, 2.24) is 4.90 Å². The van der Waals surface area contributed by atoms with Gasteiger partial charge in [0.1, 0.15) is 16.4 Å². The predicted molar refractivity (Wildman–Crippen MR) is 166 cm³/mol. The third kappa shape index (κ3) is 7.49. The maximum atomic E-state index is 13.8. The lowest BCUT2D eigenvalue weighted by molar-refractivity contribution is -0.140. The number of methoxy groups -OCH3 is 1.